The minimum atomic E-state index is -0.593. The maximum Gasteiger partial charge on any atom is 0.311 e. The quantitative estimate of drug-likeness (QED) is 0.476. The Balaban J connectivity index is 2.73. The zero-order valence-corrected chi connectivity index (χ0v) is 10.4. The van der Waals surface area contributed by atoms with Crippen LogP contribution in [0.2, 0.25) is 0 Å². The van der Waals surface area contributed by atoms with Gasteiger partial charge in [-0.05, 0) is 24.1 Å². The van der Waals surface area contributed by atoms with E-state index in [4.69, 9.17) is 10.5 Å². The first-order valence-corrected chi connectivity index (χ1v) is 5.84. The molecule has 0 heterocycles. The van der Waals surface area contributed by atoms with E-state index in [1.54, 1.807) is 24.3 Å². The summed E-state index contributed by atoms with van der Waals surface area (Å²) >= 11 is 0. The molecule has 1 aromatic rings. The third kappa shape index (κ3) is 4.05. The lowest BCUT2D eigenvalue weighted by atomic mass is 10.1. The van der Waals surface area contributed by atoms with Crippen LogP contribution in [0.5, 0.6) is 5.75 Å². The van der Waals surface area contributed by atoms with Gasteiger partial charge in [-0.25, -0.2) is 0 Å². The molecule has 0 radical (unpaired) electrons. The Bertz CT molecular complexity index is 466. The van der Waals surface area contributed by atoms with Crippen molar-refractivity contribution < 1.29 is 14.3 Å². The number of carbonyl (C=O) groups excluding carboxylic acids is 2. The van der Waals surface area contributed by atoms with Gasteiger partial charge in [-0.3, -0.25) is 9.59 Å². The fraction of sp³-hybridized carbons (Fsp3) is 0.286. The third-order valence-electron chi connectivity index (χ3n) is 2.45. The lowest BCUT2D eigenvalue weighted by Gasteiger charge is -2.06. The van der Waals surface area contributed by atoms with Crippen LogP contribution in [0.25, 0.3) is 5.57 Å². The Hall–Kier alpha value is -2.10. The number of rotatable bonds is 6. The molecule has 0 atom stereocenters. The first-order chi connectivity index (χ1) is 8.54. The first-order valence-electron chi connectivity index (χ1n) is 5.84. The monoisotopic (exact) mass is 247 g/mol. The number of ether oxygens (including phenoxy) is 1. The predicted octanol–water partition coefficient (Wildman–Crippen LogP) is 2.28. The van der Waals surface area contributed by atoms with E-state index in [9.17, 15) is 9.59 Å². The second-order valence-corrected chi connectivity index (χ2v) is 3.95. The van der Waals surface area contributed by atoms with Crippen LogP contribution in [0.1, 0.15) is 31.7 Å². The van der Waals surface area contributed by atoms with Gasteiger partial charge in [-0.1, -0.05) is 32.1 Å². The molecule has 0 aliphatic carbocycles. The van der Waals surface area contributed by atoms with Crippen LogP contribution >= 0.6 is 0 Å². The SMILES string of the molecule is C=C(C(N)=O)c1cccc(OC(=O)CCCC)c1. The molecule has 2 N–H and O–H groups in total. The van der Waals surface area contributed by atoms with Crippen LogP contribution in [0.4, 0.5) is 0 Å². The van der Waals surface area contributed by atoms with Crippen LogP contribution in [0.3, 0.4) is 0 Å². The van der Waals surface area contributed by atoms with Crippen LogP contribution in [-0.2, 0) is 9.59 Å². The van der Waals surface area contributed by atoms with Gasteiger partial charge in [0.1, 0.15) is 5.75 Å². The Morgan fingerprint density at radius 2 is 2.11 bits per heavy atom. The highest BCUT2D eigenvalue weighted by molar-refractivity contribution is 6.17. The second kappa shape index (κ2) is 6.59. The van der Waals surface area contributed by atoms with Gasteiger partial charge in [-0.15, -0.1) is 0 Å². The van der Waals surface area contributed by atoms with Gasteiger partial charge in [0, 0.05) is 12.0 Å². The summed E-state index contributed by atoms with van der Waals surface area (Å²) in [5, 5.41) is 0. The Morgan fingerprint density at radius 1 is 1.39 bits per heavy atom. The first kappa shape index (κ1) is 14.0. The number of amides is 1. The highest BCUT2D eigenvalue weighted by Crippen LogP contribution is 2.19. The summed E-state index contributed by atoms with van der Waals surface area (Å²) in [6, 6.07) is 6.61. The lowest BCUT2D eigenvalue weighted by molar-refractivity contribution is -0.134. The Morgan fingerprint density at radius 3 is 2.72 bits per heavy atom. The van der Waals surface area contributed by atoms with Crippen molar-refractivity contribution in [3.8, 4) is 5.75 Å². The van der Waals surface area contributed by atoms with Crippen molar-refractivity contribution in [3.63, 3.8) is 0 Å². The van der Waals surface area contributed by atoms with E-state index in [2.05, 4.69) is 6.58 Å². The maximum atomic E-state index is 11.5. The lowest BCUT2D eigenvalue weighted by Crippen LogP contribution is -2.12. The third-order valence-corrected chi connectivity index (χ3v) is 2.45. The number of nitrogens with two attached hydrogens (primary N) is 1. The molecule has 0 aliphatic rings. The van der Waals surface area contributed by atoms with Crippen molar-refractivity contribution in [2.75, 3.05) is 0 Å². The molecule has 18 heavy (non-hydrogen) atoms. The normalized spacial score (nSPS) is 9.83. The van der Waals surface area contributed by atoms with E-state index in [0.717, 1.165) is 12.8 Å². The molecule has 0 fully saturated rings. The standard InChI is InChI=1S/C14H17NO3/c1-3-4-8-13(16)18-12-7-5-6-11(9-12)10(2)14(15)17/h5-7,9H,2-4,8H2,1H3,(H2,15,17). The van der Waals surface area contributed by atoms with E-state index >= 15 is 0 Å². The average Bonchev–Trinajstić information content (AvgIpc) is 2.35. The van der Waals surface area contributed by atoms with Crippen molar-refractivity contribution >= 4 is 17.4 Å². The molecule has 0 saturated carbocycles. The molecule has 0 unspecified atom stereocenters. The van der Waals surface area contributed by atoms with Crippen molar-refractivity contribution in [2.45, 2.75) is 26.2 Å². The fourth-order valence-electron chi connectivity index (χ4n) is 1.39. The molecule has 0 aliphatic heterocycles. The minimum Gasteiger partial charge on any atom is -0.427 e. The van der Waals surface area contributed by atoms with Gasteiger partial charge in [0.25, 0.3) is 0 Å². The summed E-state index contributed by atoms with van der Waals surface area (Å²) in [6.07, 6.45) is 2.12. The van der Waals surface area contributed by atoms with Gasteiger partial charge in [0.15, 0.2) is 0 Å². The molecule has 1 rings (SSSR count). The summed E-state index contributed by atoms with van der Waals surface area (Å²) in [5.74, 6) is -0.473. The van der Waals surface area contributed by atoms with Crippen LogP contribution in [0, 0.1) is 0 Å². The molecular weight excluding hydrogens is 230 g/mol. The van der Waals surface area contributed by atoms with Crippen molar-refractivity contribution in [3.05, 3.63) is 36.4 Å². The van der Waals surface area contributed by atoms with Crippen LogP contribution in [-0.4, -0.2) is 11.9 Å². The van der Waals surface area contributed by atoms with Gasteiger partial charge < -0.3 is 10.5 Å². The number of unbranched alkanes of at least 4 members (excludes halogenated alkanes) is 1. The fourth-order valence-corrected chi connectivity index (χ4v) is 1.39. The molecule has 96 valence electrons. The number of hydrogen-bond donors (Lipinski definition) is 1. The molecule has 4 nitrogen and oxygen atoms in total. The number of benzene rings is 1. The van der Waals surface area contributed by atoms with Gasteiger partial charge in [0.05, 0.1) is 0 Å². The zero-order chi connectivity index (χ0) is 13.5. The average molecular weight is 247 g/mol. The van der Waals surface area contributed by atoms with Crippen molar-refractivity contribution in [1.82, 2.24) is 0 Å². The number of esters is 1. The summed E-state index contributed by atoms with van der Waals surface area (Å²) in [6.45, 7) is 5.58. The highest BCUT2D eigenvalue weighted by Gasteiger charge is 2.08. The Kier molecular flexibility index (Phi) is 5.11. The van der Waals surface area contributed by atoms with Crippen LogP contribution in [0.15, 0.2) is 30.8 Å². The zero-order valence-electron chi connectivity index (χ0n) is 10.4. The summed E-state index contributed by atoms with van der Waals surface area (Å²) in [5.41, 5.74) is 5.89. The van der Waals surface area contributed by atoms with E-state index in [1.807, 2.05) is 6.92 Å². The predicted molar refractivity (Wildman–Crippen MR) is 69.8 cm³/mol. The Labute approximate surface area is 106 Å². The highest BCUT2D eigenvalue weighted by atomic mass is 16.5. The maximum absolute atomic E-state index is 11.5. The molecule has 0 spiro atoms. The summed E-state index contributed by atoms with van der Waals surface area (Å²) in [4.78, 5) is 22.4. The van der Waals surface area contributed by atoms with Crippen LogP contribution < -0.4 is 10.5 Å². The number of carbonyl (C=O) groups is 2. The largest absolute Gasteiger partial charge is 0.427 e. The number of primary amides is 1. The molecule has 0 aromatic heterocycles. The molecule has 0 saturated heterocycles. The van der Waals surface area contributed by atoms with E-state index in [-0.39, 0.29) is 11.5 Å². The van der Waals surface area contributed by atoms with E-state index in [1.165, 1.54) is 0 Å². The van der Waals surface area contributed by atoms with Gasteiger partial charge >= 0.3 is 5.97 Å². The summed E-state index contributed by atoms with van der Waals surface area (Å²) < 4.78 is 5.15. The molecule has 1 aromatic carbocycles. The molecular formula is C14H17NO3. The van der Waals surface area contributed by atoms with Gasteiger partial charge in [0.2, 0.25) is 5.91 Å². The van der Waals surface area contributed by atoms with E-state index < -0.39 is 5.91 Å². The van der Waals surface area contributed by atoms with Crippen molar-refractivity contribution in [2.24, 2.45) is 5.73 Å². The topological polar surface area (TPSA) is 69.4 Å². The smallest absolute Gasteiger partial charge is 0.311 e. The molecule has 0 bridgehead atoms. The number of hydrogen-bond acceptors (Lipinski definition) is 3. The van der Waals surface area contributed by atoms with Gasteiger partial charge in [-0.2, -0.15) is 0 Å². The molecule has 4 heteroatoms. The van der Waals surface area contributed by atoms with E-state index in [0.29, 0.717) is 17.7 Å². The second-order valence-electron chi connectivity index (χ2n) is 3.95. The summed E-state index contributed by atoms with van der Waals surface area (Å²) in [7, 11) is 0. The van der Waals surface area contributed by atoms with Crippen molar-refractivity contribution in [1.29, 1.82) is 0 Å². The molecule has 1 amide bonds. The minimum absolute atomic E-state index is 0.196.